The lowest BCUT2D eigenvalue weighted by Crippen LogP contribution is -2.11. The van der Waals surface area contributed by atoms with E-state index in [4.69, 9.17) is 0 Å². The van der Waals surface area contributed by atoms with Crippen molar-refractivity contribution in [2.45, 2.75) is 18.9 Å². The molecule has 3 N–H and O–H groups in total. The number of aliphatic carboxylic acids is 1. The Hall–Kier alpha value is -4.33. The molecule has 0 bridgehead atoms. The van der Waals surface area contributed by atoms with Crippen LogP contribution in [-0.4, -0.2) is 26.0 Å². The molecule has 0 radical (unpaired) electrons. The Morgan fingerprint density at radius 2 is 1.73 bits per heavy atom. The van der Waals surface area contributed by atoms with Crippen molar-refractivity contribution in [3.8, 4) is 0 Å². The molecule has 1 atom stereocenters. The summed E-state index contributed by atoms with van der Waals surface area (Å²) in [6, 6.07) is 21.0. The molecule has 4 aromatic rings. The van der Waals surface area contributed by atoms with Crippen LogP contribution in [0.3, 0.4) is 0 Å². The van der Waals surface area contributed by atoms with Gasteiger partial charge >= 0.3 is 5.97 Å². The van der Waals surface area contributed by atoms with E-state index in [0.717, 1.165) is 17.1 Å². The summed E-state index contributed by atoms with van der Waals surface area (Å²) in [5.41, 5.74) is 3.09. The number of halogens is 1. The first-order valence-corrected chi connectivity index (χ1v) is 10.4. The molecule has 0 aliphatic rings. The van der Waals surface area contributed by atoms with Crippen molar-refractivity contribution in [2.24, 2.45) is 0 Å². The summed E-state index contributed by atoms with van der Waals surface area (Å²) in [6.07, 6.45) is 3.15. The Labute approximate surface area is 190 Å². The number of hydrogen-bond donors (Lipinski definition) is 3. The zero-order chi connectivity index (χ0) is 23.0. The number of nitrogens with zero attached hydrogens (tertiary/aromatic N) is 3. The van der Waals surface area contributed by atoms with Gasteiger partial charge in [-0.3, -0.25) is 4.79 Å². The van der Waals surface area contributed by atoms with E-state index in [9.17, 15) is 14.3 Å². The molecule has 0 spiro atoms. The summed E-state index contributed by atoms with van der Waals surface area (Å²) in [4.78, 5) is 24.4. The van der Waals surface area contributed by atoms with Gasteiger partial charge in [0, 0.05) is 30.5 Å². The van der Waals surface area contributed by atoms with Crippen LogP contribution in [0.1, 0.15) is 29.2 Å². The van der Waals surface area contributed by atoms with Gasteiger partial charge in [-0.2, -0.15) is 0 Å². The van der Waals surface area contributed by atoms with E-state index < -0.39 is 11.9 Å². The topological polar surface area (TPSA) is 100 Å². The average Bonchev–Trinajstić information content (AvgIpc) is 2.83. The molecular formula is C25H22FN5O2. The zero-order valence-electron chi connectivity index (χ0n) is 17.6. The number of benzene rings is 2. The van der Waals surface area contributed by atoms with E-state index in [-0.39, 0.29) is 12.2 Å². The highest BCUT2D eigenvalue weighted by molar-refractivity contribution is 5.69. The average molecular weight is 443 g/mol. The lowest BCUT2D eigenvalue weighted by atomic mass is 9.92. The van der Waals surface area contributed by atoms with Crippen LogP contribution in [0.2, 0.25) is 0 Å². The van der Waals surface area contributed by atoms with Crippen LogP contribution in [0, 0.1) is 5.82 Å². The van der Waals surface area contributed by atoms with Gasteiger partial charge in [0.1, 0.15) is 11.6 Å². The lowest BCUT2D eigenvalue weighted by molar-refractivity contribution is -0.137. The van der Waals surface area contributed by atoms with Gasteiger partial charge in [-0.15, -0.1) is 0 Å². The van der Waals surface area contributed by atoms with Gasteiger partial charge in [0.25, 0.3) is 0 Å². The van der Waals surface area contributed by atoms with Gasteiger partial charge in [0.15, 0.2) is 0 Å². The van der Waals surface area contributed by atoms with Gasteiger partial charge in [0.05, 0.1) is 12.1 Å². The maximum absolute atomic E-state index is 13.3. The van der Waals surface area contributed by atoms with Crippen LogP contribution in [0.4, 0.5) is 21.8 Å². The highest BCUT2D eigenvalue weighted by Crippen LogP contribution is 2.28. The van der Waals surface area contributed by atoms with Crippen molar-refractivity contribution >= 4 is 23.4 Å². The van der Waals surface area contributed by atoms with Crippen LogP contribution >= 0.6 is 0 Å². The van der Waals surface area contributed by atoms with Crippen molar-refractivity contribution in [1.82, 2.24) is 15.0 Å². The highest BCUT2D eigenvalue weighted by atomic mass is 19.1. The number of anilines is 3. The van der Waals surface area contributed by atoms with Crippen molar-refractivity contribution in [3.63, 3.8) is 0 Å². The fourth-order valence-electron chi connectivity index (χ4n) is 3.38. The Bertz CT molecular complexity index is 1200. The molecule has 0 saturated carbocycles. The Balaban J connectivity index is 1.46. The number of pyridine rings is 1. The highest BCUT2D eigenvalue weighted by Gasteiger charge is 2.20. The molecular weight excluding hydrogens is 421 g/mol. The van der Waals surface area contributed by atoms with Crippen molar-refractivity contribution in [2.75, 3.05) is 10.6 Å². The van der Waals surface area contributed by atoms with Gasteiger partial charge in [-0.1, -0.05) is 30.3 Å². The second-order valence-electron chi connectivity index (χ2n) is 7.40. The molecule has 166 valence electrons. The number of nitrogens with one attached hydrogen (secondary N) is 2. The third-order valence-corrected chi connectivity index (χ3v) is 5.03. The molecule has 0 amide bonds. The molecule has 7 nitrogen and oxygen atoms in total. The number of rotatable bonds is 9. The number of carbonyl (C=O) groups is 1. The van der Waals surface area contributed by atoms with Crippen LogP contribution in [-0.2, 0) is 11.3 Å². The summed E-state index contributed by atoms with van der Waals surface area (Å²) in [6.45, 7) is 0.637. The first kappa shape index (κ1) is 21.9. The normalized spacial score (nSPS) is 11.5. The lowest BCUT2D eigenvalue weighted by Gasteiger charge is -2.16. The Kier molecular flexibility index (Phi) is 6.84. The van der Waals surface area contributed by atoms with Crippen LogP contribution < -0.4 is 10.6 Å². The van der Waals surface area contributed by atoms with E-state index in [2.05, 4.69) is 25.6 Å². The van der Waals surface area contributed by atoms with Crippen LogP contribution in [0.15, 0.2) is 85.2 Å². The smallest absolute Gasteiger partial charge is 0.304 e. The van der Waals surface area contributed by atoms with Crippen molar-refractivity contribution in [3.05, 3.63) is 108 Å². The molecule has 33 heavy (non-hydrogen) atoms. The molecule has 1 unspecified atom stereocenters. The maximum atomic E-state index is 13.3. The van der Waals surface area contributed by atoms with Crippen LogP contribution in [0.5, 0.6) is 0 Å². The minimum Gasteiger partial charge on any atom is -0.481 e. The summed E-state index contributed by atoms with van der Waals surface area (Å²) >= 11 is 0. The predicted molar refractivity (Wildman–Crippen MR) is 124 cm³/mol. The molecule has 0 saturated heterocycles. The quantitative estimate of drug-likeness (QED) is 0.336. The Morgan fingerprint density at radius 3 is 2.42 bits per heavy atom. The number of hydrogen-bond acceptors (Lipinski definition) is 6. The maximum Gasteiger partial charge on any atom is 0.304 e. The molecule has 8 heteroatoms. The van der Waals surface area contributed by atoms with E-state index in [1.807, 2.05) is 42.5 Å². The summed E-state index contributed by atoms with van der Waals surface area (Å²) in [5.74, 6) is -0.707. The van der Waals surface area contributed by atoms with E-state index in [0.29, 0.717) is 23.8 Å². The van der Waals surface area contributed by atoms with E-state index in [1.165, 1.54) is 12.1 Å². The predicted octanol–water partition coefficient (Wildman–Crippen LogP) is 4.97. The fourth-order valence-corrected chi connectivity index (χ4v) is 3.38. The second-order valence-corrected chi connectivity index (χ2v) is 7.40. The van der Waals surface area contributed by atoms with Gasteiger partial charge in [-0.05, 0) is 53.6 Å². The monoisotopic (exact) mass is 443 g/mol. The number of aromatic nitrogens is 3. The first-order valence-electron chi connectivity index (χ1n) is 10.4. The minimum absolute atomic E-state index is 0.167. The summed E-state index contributed by atoms with van der Waals surface area (Å²) < 4.78 is 13.3. The van der Waals surface area contributed by atoms with Crippen molar-refractivity contribution < 1.29 is 14.3 Å². The standard InChI is InChI=1S/C25H22FN5O2/c26-19-8-6-18(7-9-19)21(15-24(32)33)22-12-14-28-25(31-22)30-20-10-4-17(5-11-20)16-29-23-3-1-2-13-27-23/h1-14,21H,15-16H2,(H,27,29)(H,32,33)(H,28,30,31). The first-order chi connectivity index (χ1) is 16.1. The van der Waals surface area contributed by atoms with Gasteiger partial charge < -0.3 is 15.7 Å². The molecule has 2 aromatic heterocycles. The van der Waals surface area contributed by atoms with Crippen molar-refractivity contribution in [1.29, 1.82) is 0 Å². The van der Waals surface area contributed by atoms with Gasteiger partial charge in [-0.25, -0.2) is 19.3 Å². The molecule has 2 heterocycles. The van der Waals surface area contributed by atoms with E-state index >= 15 is 0 Å². The number of carboxylic acid groups (broad SMARTS) is 1. The zero-order valence-corrected chi connectivity index (χ0v) is 17.6. The molecule has 4 rings (SSSR count). The molecule has 0 aliphatic heterocycles. The SMILES string of the molecule is O=C(O)CC(c1ccc(F)cc1)c1ccnc(Nc2ccc(CNc3ccccn3)cc2)n1. The number of carboxylic acids is 1. The fraction of sp³-hybridized carbons (Fsp3) is 0.120. The minimum atomic E-state index is -0.965. The largest absolute Gasteiger partial charge is 0.481 e. The van der Waals surface area contributed by atoms with Gasteiger partial charge in [0.2, 0.25) is 5.95 Å². The second kappa shape index (κ2) is 10.3. The summed E-state index contributed by atoms with van der Waals surface area (Å²) in [5, 5.41) is 15.8. The summed E-state index contributed by atoms with van der Waals surface area (Å²) in [7, 11) is 0. The van der Waals surface area contributed by atoms with Crippen LogP contribution in [0.25, 0.3) is 0 Å². The Morgan fingerprint density at radius 1 is 0.939 bits per heavy atom. The molecule has 2 aromatic carbocycles. The third kappa shape index (κ3) is 6.10. The third-order valence-electron chi connectivity index (χ3n) is 5.03. The van der Waals surface area contributed by atoms with E-state index in [1.54, 1.807) is 30.6 Å². The molecule has 0 fully saturated rings. The molecule has 0 aliphatic carbocycles.